The van der Waals surface area contributed by atoms with Crippen molar-refractivity contribution in [2.24, 2.45) is 0 Å². The molecule has 2 aromatic heterocycles. The van der Waals surface area contributed by atoms with Crippen LogP contribution >= 0.6 is 0 Å². The van der Waals surface area contributed by atoms with Crippen molar-refractivity contribution in [3.63, 3.8) is 0 Å². The predicted octanol–water partition coefficient (Wildman–Crippen LogP) is 3.10. The number of likely N-dealkylation sites (tertiary alicyclic amines) is 1. The number of piperidine rings is 1. The normalized spacial score (nSPS) is 16.4. The fourth-order valence-electron chi connectivity index (χ4n) is 3.46. The Morgan fingerprint density at radius 2 is 1.83 bits per heavy atom. The SMILES string of the molecule is O=C(Cc1ccc(F)cc1)N1CCC[C@H](c2ccnc(Nc3ncccn3)n2)C1. The van der Waals surface area contributed by atoms with Gasteiger partial charge >= 0.3 is 0 Å². The van der Waals surface area contributed by atoms with Crippen molar-refractivity contribution in [1.82, 2.24) is 24.8 Å². The van der Waals surface area contributed by atoms with Crippen molar-refractivity contribution in [1.29, 1.82) is 0 Å². The van der Waals surface area contributed by atoms with E-state index in [4.69, 9.17) is 0 Å². The molecule has 1 amide bonds. The number of benzene rings is 1. The van der Waals surface area contributed by atoms with Crippen molar-refractivity contribution >= 4 is 17.8 Å². The minimum absolute atomic E-state index is 0.0476. The van der Waals surface area contributed by atoms with Gasteiger partial charge in [0, 0.05) is 37.6 Å². The van der Waals surface area contributed by atoms with E-state index in [0.29, 0.717) is 18.4 Å². The van der Waals surface area contributed by atoms with E-state index in [-0.39, 0.29) is 24.1 Å². The molecular formula is C21H21FN6O. The van der Waals surface area contributed by atoms with Gasteiger partial charge in [-0.1, -0.05) is 12.1 Å². The minimum Gasteiger partial charge on any atom is -0.342 e. The van der Waals surface area contributed by atoms with Crippen LogP contribution in [-0.4, -0.2) is 43.8 Å². The van der Waals surface area contributed by atoms with Crippen molar-refractivity contribution in [2.45, 2.75) is 25.2 Å². The molecule has 29 heavy (non-hydrogen) atoms. The highest BCUT2D eigenvalue weighted by molar-refractivity contribution is 5.79. The number of anilines is 2. The highest BCUT2D eigenvalue weighted by atomic mass is 19.1. The lowest BCUT2D eigenvalue weighted by Crippen LogP contribution is -2.40. The van der Waals surface area contributed by atoms with Crippen LogP contribution in [0.2, 0.25) is 0 Å². The molecule has 3 heterocycles. The minimum atomic E-state index is -0.298. The van der Waals surface area contributed by atoms with E-state index < -0.39 is 0 Å². The van der Waals surface area contributed by atoms with Crippen molar-refractivity contribution in [3.8, 4) is 0 Å². The summed E-state index contributed by atoms with van der Waals surface area (Å²) in [6, 6.07) is 9.70. The first-order chi connectivity index (χ1) is 14.2. The number of carbonyl (C=O) groups is 1. The lowest BCUT2D eigenvalue weighted by atomic mass is 9.94. The van der Waals surface area contributed by atoms with E-state index in [1.165, 1.54) is 12.1 Å². The summed E-state index contributed by atoms with van der Waals surface area (Å²) in [4.78, 5) is 31.6. The van der Waals surface area contributed by atoms with Gasteiger partial charge in [0.1, 0.15) is 5.82 Å². The van der Waals surface area contributed by atoms with Crippen molar-refractivity contribution in [2.75, 3.05) is 18.4 Å². The average molecular weight is 392 g/mol. The first-order valence-electron chi connectivity index (χ1n) is 9.56. The maximum absolute atomic E-state index is 13.1. The van der Waals surface area contributed by atoms with Crippen LogP contribution in [0.5, 0.6) is 0 Å². The van der Waals surface area contributed by atoms with E-state index in [9.17, 15) is 9.18 Å². The van der Waals surface area contributed by atoms with E-state index in [2.05, 4.69) is 25.3 Å². The number of carbonyl (C=O) groups excluding carboxylic acids is 1. The van der Waals surface area contributed by atoms with Crippen LogP contribution in [0.1, 0.15) is 30.0 Å². The van der Waals surface area contributed by atoms with Gasteiger partial charge in [0.25, 0.3) is 0 Å². The summed E-state index contributed by atoms with van der Waals surface area (Å²) >= 11 is 0. The number of hydrogen-bond donors (Lipinski definition) is 1. The Bertz CT molecular complexity index is 966. The summed E-state index contributed by atoms with van der Waals surface area (Å²) < 4.78 is 13.1. The molecule has 1 atom stereocenters. The molecule has 0 unspecified atom stereocenters. The molecule has 1 N–H and O–H groups in total. The van der Waals surface area contributed by atoms with Gasteiger partial charge in [-0.2, -0.15) is 0 Å². The first kappa shape index (κ1) is 18.9. The summed E-state index contributed by atoms with van der Waals surface area (Å²) in [6.07, 6.45) is 7.13. The molecule has 0 spiro atoms. The van der Waals surface area contributed by atoms with E-state index in [0.717, 1.165) is 30.6 Å². The molecular weight excluding hydrogens is 371 g/mol. The Balaban J connectivity index is 1.42. The van der Waals surface area contributed by atoms with Gasteiger partial charge in [0.2, 0.25) is 17.8 Å². The Hall–Kier alpha value is -3.42. The number of hydrogen-bond acceptors (Lipinski definition) is 6. The van der Waals surface area contributed by atoms with Gasteiger partial charge in [-0.15, -0.1) is 0 Å². The Kier molecular flexibility index (Phi) is 5.69. The van der Waals surface area contributed by atoms with Gasteiger partial charge in [0.05, 0.1) is 12.1 Å². The predicted molar refractivity (Wildman–Crippen MR) is 106 cm³/mol. The number of amides is 1. The second kappa shape index (κ2) is 8.72. The first-order valence-corrected chi connectivity index (χ1v) is 9.56. The zero-order valence-electron chi connectivity index (χ0n) is 15.8. The van der Waals surface area contributed by atoms with Gasteiger partial charge in [-0.05, 0) is 42.7 Å². The summed E-state index contributed by atoms with van der Waals surface area (Å²) in [5, 5.41) is 3.00. The topological polar surface area (TPSA) is 83.9 Å². The third-order valence-corrected chi connectivity index (χ3v) is 4.93. The summed E-state index contributed by atoms with van der Waals surface area (Å²) in [5.74, 6) is 0.758. The molecule has 1 aromatic carbocycles. The van der Waals surface area contributed by atoms with Crippen molar-refractivity contribution in [3.05, 3.63) is 72.1 Å². The Labute approximate surface area is 168 Å². The van der Waals surface area contributed by atoms with Crippen LogP contribution < -0.4 is 5.32 Å². The third-order valence-electron chi connectivity index (χ3n) is 4.93. The molecule has 0 saturated carbocycles. The molecule has 7 nitrogen and oxygen atoms in total. The molecule has 3 aromatic rings. The molecule has 1 fully saturated rings. The maximum atomic E-state index is 13.1. The van der Waals surface area contributed by atoms with Crippen LogP contribution in [-0.2, 0) is 11.2 Å². The second-order valence-corrected chi connectivity index (χ2v) is 6.98. The number of halogens is 1. The second-order valence-electron chi connectivity index (χ2n) is 6.98. The standard InChI is InChI=1S/C21H21FN6O/c22-17-6-4-15(5-7-17)13-19(29)28-12-1-3-16(14-28)18-8-11-25-21(26-18)27-20-23-9-2-10-24-20/h2,4-11,16H,1,3,12-14H2,(H,23,24,25,26,27)/t16-/m0/s1. The zero-order chi connectivity index (χ0) is 20.1. The fraction of sp³-hybridized carbons (Fsp3) is 0.286. The van der Waals surface area contributed by atoms with Gasteiger partial charge in [-0.25, -0.2) is 24.3 Å². The zero-order valence-corrected chi connectivity index (χ0v) is 15.8. The number of aromatic nitrogens is 4. The molecule has 148 valence electrons. The molecule has 0 radical (unpaired) electrons. The summed E-state index contributed by atoms with van der Waals surface area (Å²) in [7, 11) is 0. The van der Waals surface area contributed by atoms with E-state index in [1.807, 2.05) is 11.0 Å². The molecule has 1 aliphatic heterocycles. The van der Waals surface area contributed by atoms with Gasteiger partial charge < -0.3 is 4.90 Å². The molecule has 8 heteroatoms. The molecule has 1 aliphatic rings. The Morgan fingerprint density at radius 1 is 1.07 bits per heavy atom. The van der Waals surface area contributed by atoms with Crippen LogP contribution in [0.3, 0.4) is 0 Å². The molecule has 0 aliphatic carbocycles. The van der Waals surface area contributed by atoms with Gasteiger partial charge in [0.15, 0.2) is 0 Å². The number of nitrogens with one attached hydrogen (secondary N) is 1. The molecule has 4 rings (SSSR count). The highest BCUT2D eigenvalue weighted by Gasteiger charge is 2.26. The van der Waals surface area contributed by atoms with E-state index in [1.54, 1.807) is 36.8 Å². The Morgan fingerprint density at radius 3 is 2.62 bits per heavy atom. The monoisotopic (exact) mass is 392 g/mol. The van der Waals surface area contributed by atoms with Crippen LogP contribution in [0.25, 0.3) is 0 Å². The molecule has 0 bridgehead atoms. The molecule has 1 saturated heterocycles. The third kappa shape index (κ3) is 4.90. The summed E-state index contributed by atoms with van der Waals surface area (Å²) in [5.41, 5.74) is 1.70. The summed E-state index contributed by atoms with van der Waals surface area (Å²) in [6.45, 7) is 1.34. The number of rotatable bonds is 5. The smallest absolute Gasteiger partial charge is 0.229 e. The largest absolute Gasteiger partial charge is 0.342 e. The van der Waals surface area contributed by atoms with Crippen LogP contribution in [0.15, 0.2) is 55.0 Å². The highest BCUT2D eigenvalue weighted by Crippen LogP contribution is 2.26. The maximum Gasteiger partial charge on any atom is 0.229 e. The van der Waals surface area contributed by atoms with Crippen LogP contribution in [0, 0.1) is 5.82 Å². The average Bonchev–Trinajstić information content (AvgIpc) is 2.76. The quantitative estimate of drug-likeness (QED) is 0.718. The lowest BCUT2D eigenvalue weighted by molar-refractivity contribution is -0.131. The fourth-order valence-corrected chi connectivity index (χ4v) is 3.46. The van der Waals surface area contributed by atoms with Gasteiger partial charge in [-0.3, -0.25) is 10.1 Å². The van der Waals surface area contributed by atoms with Crippen molar-refractivity contribution < 1.29 is 9.18 Å². The van der Waals surface area contributed by atoms with E-state index >= 15 is 0 Å². The number of nitrogens with zero attached hydrogens (tertiary/aromatic N) is 5. The van der Waals surface area contributed by atoms with Crippen LogP contribution in [0.4, 0.5) is 16.3 Å². The lowest BCUT2D eigenvalue weighted by Gasteiger charge is -2.32.